The van der Waals surface area contributed by atoms with Gasteiger partial charge in [0.05, 0.1) is 40.6 Å². The first kappa shape index (κ1) is 21.8. The van der Waals surface area contributed by atoms with Crippen molar-refractivity contribution in [1.29, 1.82) is 0 Å². The van der Waals surface area contributed by atoms with Crippen LogP contribution in [0, 0.1) is 0 Å². The predicted molar refractivity (Wildman–Crippen MR) is 134 cm³/mol. The van der Waals surface area contributed by atoms with Gasteiger partial charge in [0.25, 0.3) is 5.91 Å². The molecule has 2 aromatic carbocycles. The molecule has 172 valence electrons. The molecular formula is C24H23N7O2S. The molecule has 9 nitrogen and oxygen atoms in total. The van der Waals surface area contributed by atoms with Gasteiger partial charge in [-0.05, 0) is 44.2 Å². The minimum absolute atomic E-state index is 0.233. The molecule has 0 aliphatic carbocycles. The number of nitrogens with one attached hydrogen (secondary N) is 2. The number of carbonyl (C=O) groups is 1. The molecule has 5 rings (SSSR count). The summed E-state index contributed by atoms with van der Waals surface area (Å²) in [7, 11) is 0. The maximum absolute atomic E-state index is 13.1. The van der Waals surface area contributed by atoms with Crippen molar-refractivity contribution in [3.05, 3.63) is 78.1 Å². The summed E-state index contributed by atoms with van der Waals surface area (Å²) in [5, 5.41) is 8.46. The zero-order valence-electron chi connectivity index (χ0n) is 18.6. The Labute approximate surface area is 200 Å². The van der Waals surface area contributed by atoms with Gasteiger partial charge in [-0.1, -0.05) is 24.3 Å². The molecule has 4 N–H and O–H groups in total. The van der Waals surface area contributed by atoms with E-state index in [1.807, 2.05) is 56.3 Å². The fourth-order valence-corrected chi connectivity index (χ4v) is 4.17. The monoisotopic (exact) mass is 473 g/mol. The van der Waals surface area contributed by atoms with Gasteiger partial charge in [0.1, 0.15) is 18.2 Å². The average Bonchev–Trinajstić information content (AvgIpc) is 3.27. The molecule has 0 fully saturated rings. The van der Waals surface area contributed by atoms with E-state index in [0.29, 0.717) is 28.5 Å². The maximum atomic E-state index is 13.1. The summed E-state index contributed by atoms with van der Waals surface area (Å²) in [6, 6.07) is 16.9. The van der Waals surface area contributed by atoms with Crippen molar-refractivity contribution in [3.8, 4) is 11.6 Å². The van der Waals surface area contributed by atoms with Crippen molar-refractivity contribution >= 4 is 40.5 Å². The molecule has 0 radical (unpaired) electrons. The van der Waals surface area contributed by atoms with Crippen molar-refractivity contribution in [2.45, 2.75) is 19.4 Å². The first-order valence-corrected chi connectivity index (χ1v) is 11.4. The number of rotatable bonds is 6. The van der Waals surface area contributed by atoms with Crippen LogP contribution in [0.3, 0.4) is 0 Å². The van der Waals surface area contributed by atoms with E-state index in [-0.39, 0.29) is 12.5 Å². The van der Waals surface area contributed by atoms with E-state index in [0.717, 1.165) is 16.6 Å². The summed E-state index contributed by atoms with van der Waals surface area (Å²) in [5.74, 6) is 1.33. The van der Waals surface area contributed by atoms with Crippen LogP contribution in [0.4, 0.5) is 5.69 Å². The molecule has 1 amide bonds. The van der Waals surface area contributed by atoms with Crippen molar-refractivity contribution in [2.24, 2.45) is 10.1 Å². The van der Waals surface area contributed by atoms with Crippen molar-refractivity contribution in [1.82, 2.24) is 20.1 Å². The molecule has 1 aliphatic rings. The van der Waals surface area contributed by atoms with Gasteiger partial charge in [-0.3, -0.25) is 4.79 Å². The third kappa shape index (κ3) is 4.27. The van der Waals surface area contributed by atoms with Crippen molar-refractivity contribution < 1.29 is 9.53 Å². The number of pyridine rings is 1. The van der Waals surface area contributed by atoms with Crippen LogP contribution in [-0.2, 0) is 0 Å². The van der Waals surface area contributed by atoms with Crippen LogP contribution in [0.15, 0.2) is 71.4 Å². The molecule has 0 unspecified atom stereocenters. The molecule has 0 bridgehead atoms. The molecule has 0 spiro atoms. The van der Waals surface area contributed by atoms with Gasteiger partial charge in [0.15, 0.2) is 5.82 Å². The molecule has 1 aliphatic heterocycles. The number of amides is 1. The molecule has 2 aromatic heterocycles. The highest BCUT2D eigenvalue weighted by atomic mass is 32.2. The first-order chi connectivity index (χ1) is 16.4. The van der Waals surface area contributed by atoms with E-state index in [4.69, 9.17) is 10.5 Å². The SMILES string of the molecule is CC(C)(COc1cccc2c1C(N)=NSN2)NC(=O)c1ccnc(-n2ncc3ccccc32)c1. The lowest BCUT2D eigenvalue weighted by molar-refractivity contribution is 0.0880. The summed E-state index contributed by atoms with van der Waals surface area (Å²) < 4.78 is 15.0. The number of carbonyl (C=O) groups excluding carboxylic acids is 1. The minimum atomic E-state index is -0.662. The fraction of sp³-hybridized carbons (Fsp3) is 0.167. The molecule has 0 atom stereocenters. The van der Waals surface area contributed by atoms with Gasteiger partial charge in [-0.15, -0.1) is 0 Å². The summed E-state index contributed by atoms with van der Waals surface area (Å²) in [6.45, 7) is 4.03. The summed E-state index contributed by atoms with van der Waals surface area (Å²) in [6.07, 6.45) is 3.38. The highest BCUT2D eigenvalue weighted by molar-refractivity contribution is 7.99. The number of ether oxygens (including phenoxy) is 1. The number of fused-ring (bicyclic) bond motifs is 2. The lowest BCUT2D eigenvalue weighted by Crippen LogP contribution is -2.48. The van der Waals surface area contributed by atoms with Crippen LogP contribution >= 0.6 is 12.1 Å². The Balaban J connectivity index is 1.31. The normalized spacial score (nSPS) is 13.1. The molecule has 0 saturated carbocycles. The Hall–Kier alpha value is -4.05. The van der Waals surface area contributed by atoms with E-state index in [1.54, 1.807) is 29.2 Å². The molecule has 34 heavy (non-hydrogen) atoms. The number of aromatic nitrogens is 3. The molecule has 10 heteroatoms. The lowest BCUT2D eigenvalue weighted by Gasteiger charge is -2.27. The number of hydrogen-bond acceptors (Lipinski definition) is 8. The van der Waals surface area contributed by atoms with E-state index in [9.17, 15) is 4.79 Å². The van der Waals surface area contributed by atoms with E-state index in [2.05, 4.69) is 24.5 Å². The second kappa shape index (κ2) is 8.71. The Morgan fingerprint density at radius 2 is 2.06 bits per heavy atom. The van der Waals surface area contributed by atoms with Gasteiger partial charge >= 0.3 is 0 Å². The quantitative estimate of drug-likeness (QED) is 0.365. The summed E-state index contributed by atoms with van der Waals surface area (Å²) in [4.78, 5) is 17.5. The number of nitrogens with zero attached hydrogens (tertiary/aromatic N) is 4. The number of para-hydroxylation sites is 1. The predicted octanol–water partition coefficient (Wildman–Crippen LogP) is 3.70. The van der Waals surface area contributed by atoms with Crippen LogP contribution in [0.5, 0.6) is 5.75 Å². The van der Waals surface area contributed by atoms with Crippen LogP contribution in [-0.4, -0.2) is 38.7 Å². The lowest BCUT2D eigenvalue weighted by atomic mass is 10.1. The fourth-order valence-electron chi connectivity index (χ4n) is 3.67. The van der Waals surface area contributed by atoms with Crippen LogP contribution in [0.1, 0.15) is 29.8 Å². The van der Waals surface area contributed by atoms with Crippen LogP contribution in [0.2, 0.25) is 0 Å². The second-order valence-electron chi connectivity index (χ2n) is 8.49. The standard InChI is InChI=1S/C24H23N7O2S/c1-24(2,14-33-19-9-5-7-17-21(19)22(25)30-34-29-17)28-23(32)15-10-11-26-20(12-15)31-18-8-4-3-6-16(18)13-27-31/h3-13,29H,14H2,1-2H3,(H2,25,30)(H,28,32). The maximum Gasteiger partial charge on any atom is 0.252 e. The molecule has 3 heterocycles. The topological polar surface area (TPSA) is 119 Å². The Bertz CT molecular complexity index is 1410. The van der Waals surface area contributed by atoms with E-state index >= 15 is 0 Å². The minimum Gasteiger partial charge on any atom is -0.490 e. The van der Waals surface area contributed by atoms with E-state index < -0.39 is 5.54 Å². The second-order valence-corrected chi connectivity index (χ2v) is 9.06. The van der Waals surface area contributed by atoms with Gasteiger partial charge < -0.3 is 20.5 Å². The summed E-state index contributed by atoms with van der Waals surface area (Å²) in [5.41, 5.74) is 8.35. The van der Waals surface area contributed by atoms with Gasteiger partial charge in [0, 0.05) is 17.1 Å². The number of hydrogen-bond donors (Lipinski definition) is 3. The Morgan fingerprint density at radius 3 is 2.94 bits per heavy atom. The van der Waals surface area contributed by atoms with Crippen molar-refractivity contribution in [3.63, 3.8) is 0 Å². The van der Waals surface area contributed by atoms with Gasteiger partial charge in [-0.2, -0.15) is 9.50 Å². The molecule has 4 aromatic rings. The highest BCUT2D eigenvalue weighted by Crippen LogP contribution is 2.32. The molecule has 0 saturated heterocycles. The smallest absolute Gasteiger partial charge is 0.252 e. The van der Waals surface area contributed by atoms with Crippen LogP contribution in [0.25, 0.3) is 16.7 Å². The average molecular weight is 474 g/mol. The van der Waals surface area contributed by atoms with Gasteiger partial charge in [-0.25, -0.2) is 9.67 Å². The zero-order valence-corrected chi connectivity index (χ0v) is 19.5. The third-order valence-electron chi connectivity index (χ3n) is 5.32. The number of nitrogens with two attached hydrogens (primary N) is 1. The van der Waals surface area contributed by atoms with Crippen molar-refractivity contribution in [2.75, 3.05) is 11.3 Å². The first-order valence-electron chi connectivity index (χ1n) is 10.6. The van der Waals surface area contributed by atoms with Gasteiger partial charge in [0.2, 0.25) is 0 Å². The third-order valence-corrected chi connectivity index (χ3v) is 5.92. The van der Waals surface area contributed by atoms with Crippen LogP contribution < -0.4 is 20.5 Å². The van der Waals surface area contributed by atoms with E-state index in [1.165, 1.54) is 12.1 Å². The Kier molecular flexibility index (Phi) is 5.58. The Morgan fingerprint density at radius 1 is 1.21 bits per heavy atom. The largest absolute Gasteiger partial charge is 0.490 e. The number of benzene rings is 2. The summed E-state index contributed by atoms with van der Waals surface area (Å²) >= 11 is 1.17. The molecular weight excluding hydrogens is 450 g/mol. The highest BCUT2D eigenvalue weighted by Gasteiger charge is 2.25. The number of amidine groups is 1. The zero-order chi connectivity index (χ0) is 23.7. The number of anilines is 1.